The van der Waals surface area contributed by atoms with Gasteiger partial charge in [-0.25, -0.2) is 9.69 Å². The van der Waals surface area contributed by atoms with Gasteiger partial charge in [0.25, 0.3) is 11.8 Å². The van der Waals surface area contributed by atoms with Crippen LogP contribution in [-0.2, 0) is 9.59 Å². The normalized spacial score (nSPS) is 16.5. The highest BCUT2D eigenvalue weighted by Crippen LogP contribution is 2.38. The van der Waals surface area contributed by atoms with Crippen molar-refractivity contribution in [3.63, 3.8) is 0 Å². The van der Waals surface area contributed by atoms with Crippen molar-refractivity contribution < 1.29 is 23.9 Å². The van der Waals surface area contributed by atoms with Gasteiger partial charge in [-0.2, -0.15) is 0 Å². The maximum Gasteiger partial charge on any atom is 0.335 e. The van der Waals surface area contributed by atoms with E-state index in [1.165, 1.54) is 13.2 Å². The molecule has 8 heteroatoms. The summed E-state index contributed by atoms with van der Waals surface area (Å²) in [5, 5.41) is 2.47. The van der Waals surface area contributed by atoms with Gasteiger partial charge in [0.2, 0.25) is 0 Å². The van der Waals surface area contributed by atoms with E-state index in [1.807, 2.05) is 13.8 Å². The highest BCUT2D eigenvalue weighted by atomic mass is 35.5. The van der Waals surface area contributed by atoms with Crippen LogP contribution >= 0.6 is 11.6 Å². The first-order chi connectivity index (χ1) is 14.3. The Morgan fingerprint density at radius 2 is 1.87 bits per heavy atom. The lowest BCUT2D eigenvalue weighted by Gasteiger charge is -2.26. The number of carbonyl (C=O) groups excluding carboxylic acids is 3. The van der Waals surface area contributed by atoms with Crippen LogP contribution in [0.15, 0.2) is 48.0 Å². The number of imide groups is 2. The third-order valence-corrected chi connectivity index (χ3v) is 4.85. The first-order valence-electron chi connectivity index (χ1n) is 9.36. The minimum absolute atomic E-state index is 0.0725. The quantitative estimate of drug-likeness (QED) is 0.550. The van der Waals surface area contributed by atoms with Gasteiger partial charge in [-0.05, 0) is 49.2 Å². The molecule has 0 saturated carbocycles. The highest BCUT2D eigenvalue weighted by molar-refractivity contribution is 6.39. The van der Waals surface area contributed by atoms with Gasteiger partial charge in [-0.3, -0.25) is 14.9 Å². The van der Waals surface area contributed by atoms with Crippen LogP contribution < -0.4 is 19.7 Å². The number of urea groups is 1. The van der Waals surface area contributed by atoms with Crippen molar-refractivity contribution in [1.82, 2.24) is 5.32 Å². The van der Waals surface area contributed by atoms with Gasteiger partial charge in [0.15, 0.2) is 11.5 Å². The predicted molar refractivity (Wildman–Crippen MR) is 114 cm³/mol. The summed E-state index contributed by atoms with van der Waals surface area (Å²) in [7, 11) is 1.47. The van der Waals surface area contributed by atoms with E-state index in [2.05, 4.69) is 5.32 Å². The fourth-order valence-corrected chi connectivity index (χ4v) is 3.12. The summed E-state index contributed by atoms with van der Waals surface area (Å²) in [5.74, 6) is -0.761. The topological polar surface area (TPSA) is 84.9 Å². The number of amides is 4. The van der Waals surface area contributed by atoms with Crippen molar-refractivity contribution in [3.8, 4) is 11.5 Å². The van der Waals surface area contributed by atoms with Crippen molar-refractivity contribution in [2.45, 2.75) is 26.4 Å². The molecular weight excluding hydrogens is 408 g/mol. The fraction of sp³-hybridized carbons (Fsp3) is 0.227. The van der Waals surface area contributed by atoms with Gasteiger partial charge in [0.05, 0.1) is 23.9 Å². The number of ether oxygens (including phenoxy) is 2. The van der Waals surface area contributed by atoms with E-state index >= 15 is 0 Å². The number of benzene rings is 2. The zero-order valence-electron chi connectivity index (χ0n) is 16.8. The Bertz CT molecular complexity index is 1020. The number of nitrogens with zero attached hydrogens (tertiary/aromatic N) is 1. The lowest BCUT2D eigenvalue weighted by atomic mass is 10.1. The lowest BCUT2D eigenvalue weighted by Crippen LogP contribution is -2.54. The summed E-state index contributed by atoms with van der Waals surface area (Å²) in [6.45, 7) is 3.89. The average Bonchev–Trinajstić information content (AvgIpc) is 2.73. The zero-order valence-corrected chi connectivity index (χ0v) is 17.5. The number of barbiturate groups is 1. The number of carbonyl (C=O) groups is 3. The van der Waals surface area contributed by atoms with E-state index < -0.39 is 17.8 Å². The van der Waals surface area contributed by atoms with Crippen LogP contribution in [0, 0.1) is 0 Å². The standard InChI is InChI=1S/C22H21ClN2O5/c1-4-13(2)30-19-17(23)11-14(12-18(19)29-3)10-16-20(26)24-22(28)25(21(16)27)15-8-6-5-7-9-15/h5-13H,4H2,1-3H3,(H,24,26,28). The first kappa shape index (κ1) is 21.4. The van der Waals surface area contributed by atoms with Crippen molar-refractivity contribution >= 4 is 41.2 Å². The van der Waals surface area contributed by atoms with Gasteiger partial charge in [-0.15, -0.1) is 0 Å². The molecule has 3 rings (SSSR count). The SMILES string of the molecule is CCC(C)Oc1c(Cl)cc(C=C2C(=O)NC(=O)N(c3ccccc3)C2=O)cc1OC. The van der Waals surface area contributed by atoms with Crippen LogP contribution in [0.1, 0.15) is 25.8 Å². The minimum Gasteiger partial charge on any atom is -0.493 e. The van der Waals surface area contributed by atoms with Crippen molar-refractivity contribution in [2.24, 2.45) is 0 Å². The summed E-state index contributed by atoms with van der Waals surface area (Å²) < 4.78 is 11.2. The number of halogens is 1. The molecule has 0 aromatic heterocycles. The number of anilines is 1. The number of rotatable bonds is 6. The van der Waals surface area contributed by atoms with Crippen LogP contribution in [-0.4, -0.2) is 31.1 Å². The van der Waals surface area contributed by atoms with E-state index in [0.29, 0.717) is 22.7 Å². The van der Waals surface area contributed by atoms with Gasteiger partial charge < -0.3 is 9.47 Å². The molecule has 0 aliphatic carbocycles. The predicted octanol–water partition coefficient (Wildman–Crippen LogP) is 4.19. The van der Waals surface area contributed by atoms with E-state index in [9.17, 15) is 14.4 Å². The Kier molecular flexibility index (Phi) is 6.42. The number of hydrogen-bond acceptors (Lipinski definition) is 5. The number of methoxy groups -OCH3 is 1. The zero-order chi connectivity index (χ0) is 21.8. The molecule has 7 nitrogen and oxygen atoms in total. The molecule has 1 unspecified atom stereocenters. The summed E-state index contributed by atoms with van der Waals surface area (Å²) in [6, 6.07) is 10.7. The van der Waals surface area contributed by atoms with Crippen LogP contribution in [0.5, 0.6) is 11.5 Å². The maximum atomic E-state index is 12.9. The highest BCUT2D eigenvalue weighted by Gasteiger charge is 2.36. The van der Waals surface area contributed by atoms with E-state index in [-0.39, 0.29) is 16.7 Å². The van der Waals surface area contributed by atoms with Crippen LogP contribution in [0.4, 0.5) is 10.5 Å². The molecule has 4 amide bonds. The number of hydrogen-bond donors (Lipinski definition) is 1. The molecule has 1 N–H and O–H groups in total. The van der Waals surface area contributed by atoms with Gasteiger partial charge in [-0.1, -0.05) is 36.7 Å². The van der Waals surface area contributed by atoms with Gasteiger partial charge in [0, 0.05) is 0 Å². The third kappa shape index (κ3) is 4.31. The Labute approximate surface area is 179 Å². The molecule has 1 heterocycles. The van der Waals surface area contributed by atoms with Crippen molar-refractivity contribution in [1.29, 1.82) is 0 Å². The van der Waals surface area contributed by atoms with Gasteiger partial charge >= 0.3 is 6.03 Å². The van der Waals surface area contributed by atoms with Gasteiger partial charge in [0.1, 0.15) is 5.57 Å². The average molecular weight is 429 g/mol. The largest absolute Gasteiger partial charge is 0.493 e. The lowest BCUT2D eigenvalue weighted by molar-refractivity contribution is -0.122. The molecule has 2 aromatic rings. The summed E-state index contributed by atoms with van der Waals surface area (Å²) in [4.78, 5) is 38.4. The molecule has 1 aliphatic rings. The van der Waals surface area contributed by atoms with Crippen LogP contribution in [0.3, 0.4) is 0 Å². The smallest absolute Gasteiger partial charge is 0.335 e. The monoisotopic (exact) mass is 428 g/mol. The van der Waals surface area contributed by atoms with Crippen molar-refractivity contribution in [3.05, 3.63) is 58.6 Å². The summed E-state index contributed by atoms with van der Waals surface area (Å²) in [5.41, 5.74) is 0.604. The molecule has 1 atom stereocenters. The Morgan fingerprint density at radius 3 is 2.50 bits per heavy atom. The molecule has 1 saturated heterocycles. The number of nitrogens with one attached hydrogen (secondary N) is 1. The first-order valence-corrected chi connectivity index (χ1v) is 9.74. The van der Waals surface area contributed by atoms with E-state index in [0.717, 1.165) is 11.3 Å². The van der Waals surface area contributed by atoms with E-state index in [1.54, 1.807) is 42.5 Å². The van der Waals surface area contributed by atoms with Crippen molar-refractivity contribution in [2.75, 3.05) is 12.0 Å². The molecule has 0 radical (unpaired) electrons. The second-order valence-electron chi connectivity index (χ2n) is 6.66. The Hall–Kier alpha value is -3.32. The molecule has 2 aromatic carbocycles. The minimum atomic E-state index is -0.804. The third-order valence-electron chi connectivity index (χ3n) is 4.57. The molecule has 30 heavy (non-hydrogen) atoms. The molecule has 156 valence electrons. The summed E-state index contributed by atoms with van der Waals surface area (Å²) in [6.07, 6.45) is 2.07. The molecule has 1 fully saturated rings. The van der Waals surface area contributed by atoms with Crippen LogP contribution in [0.2, 0.25) is 5.02 Å². The van der Waals surface area contributed by atoms with E-state index in [4.69, 9.17) is 21.1 Å². The second-order valence-corrected chi connectivity index (χ2v) is 7.07. The Balaban J connectivity index is 2.00. The van der Waals surface area contributed by atoms with Crippen LogP contribution in [0.25, 0.3) is 6.08 Å². The second kappa shape index (κ2) is 9.00. The molecule has 0 bridgehead atoms. The Morgan fingerprint density at radius 1 is 1.17 bits per heavy atom. The molecule has 0 spiro atoms. The molecular formula is C22H21ClN2O5. The molecule has 1 aliphatic heterocycles. The summed E-state index contributed by atoms with van der Waals surface area (Å²) >= 11 is 6.37. The number of para-hydroxylation sites is 1. The maximum absolute atomic E-state index is 12.9. The fourth-order valence-electron chi connectivity index (χ4n) is 2.86.